The van der Waals surface area contributed by atoms with E-state index in [0.717, 1.165) is 12.0 Å². The number of rotatable bonds is 9. The second kappa shape index (κ2) is 9.50. The molecular formula is C17H26FNO2. The Morgan fingerprint density at radius 3 is 2.71 bits per heavy atom. The Bertz CT molecular complexity index is 448. The summed E-state index contributed by atoms with van der Waals surface area (Å²) >= 11 is 0. The first-order chi connectivity index (χ1) is 10.1. The fourth-order valence-electron chi connectivity index (χ4n) is 2.22. The van der Waals surface area contributed by atoms with Crippen LogP contribution >= 0.6 is 0 Å². The molecule has 1 aromatic rings. The average molecular weight is 295 g/mol. The predicted molar refractivity (Wildman–Crippen MR) is 82.8 cm³/mol. The van der Waals surface area contributed by atoms with Gasteiger partial charge in [0.05, 0.1) is 12.7 Å². The molecule has 1 atom stereocenters. The van der Waals surface area contributed by atoms with Crippen LogP contribution in [0, 0.1) is 5.82 Å². The van der Waals surface area contributed by atoms with Crippen LogP contribution in [0.4, 0.5) is 4.39 Å². The van der Waals surface area contributed by atoms with E-state index in [9.17, 15) is 9.18 Å². The highest BCUT2D eigenvalue weighted by Gasteiger charge is 2.12. The molecule has 0 spiro atoms. The summed E-state index contributed by atoms with van der Waals surface area (Å²) in [5.74, 6) is -1.17. The molecule has 0 aromatic heterocycles. The van der Waals surface area contributed by atoms with Crippen LogP contribution in [0.5, 0.6) is 0 Å². The molecule has 0 heterocycles. The van der Waals surface area contributed by atoms with Gasteiger partial charge in [-0.15, -0.1) is 0 Å². The minimum atomic E-state index is -0.642. The molecule has 0 saturated heterocycles. The number of methoxy groups -OCH3 is 1. The van der Waals surface area contributed by atoms with Crippen LogP contribution < -0.4 is 5.32 Å². The van der Waals surface area contributed by atoms with Crippen molar-refractivity contribution in [3.8, 4) is 0 Å². The number of hydrogen-bond acceptors (Lipinski definition) is 3. The molecule has 0 bridgehead atoms. The minimum absolute atomic E-state index is 0.0196. The normalized spacial score (nSPS) is 12.2. The van der Waals surface area contributed by atoms with E-state index in [-0.39, 0.29) is 5.56 Å². The van der Waals surface area contributed by atoms with Gasteiger partial charge in [0.2, 0.25) is 0 Å². The highest BCUT2D eigenvalue weighted by Crippen LogP contribution is 2.12. The molecule has 0 aliphatic carbocycles. The number of halogens is 1. The fraction of sp³-hybridized carbons (Fsp3) is 0.588. The van der Waals surface area contributed by atoms with Crippen LogP contribution in [0.25, 0.3) is 0 Å². The Balaban J connectivity index is 2.41. The molecule has 0 aliphatic rings. The third-order valence-corrected chi connectivity index (χ3v) is 3.58. The largest absolute Gasteiger partial charge is 0.465 e. The van der Waals surface area contributed by atoms with E-state index in [1.54, 1.807) is 6.07 Å². The molecule has 1 rings (SSSR count). The summed E-state index contributed by atoms with van der Waals surface area (Å²) in [6.07, 6.45) is 6.14. The van der Waals surface area contributed by atoms with Crippen molar-refractivity contribution in [1.29, 1.82) is 0 Å². The summed E-state index contributed by atoms with van der Waals surface area (Å²) in [5.41, 5.74) is 0.814. The summed E-state index contributed by atoms with van der Waals surface area (Å²) in [7, 11) is 1.25. The predicted octanol–water partition coefficient (Wildman–Crippen LogP) is 4.06. The Morgan fingerprint density at radius 2 is 2.10 bits per heavy atom. The van der Waals surface area contributed by atoms with Crippen molar-refractivity contribution >= 4 is 5.97 Å². The van der Waals surface area contributed by atoms with E-state index in [0.29, 0.717) is 12.6 Å². The Labute approximate surface area is 126 Å². The summed E-state index contributed by atoms with van der Waals surface area (Å²) in [6, 6.07) is 5.03. The molecule has 1 unspecified atom stereocenters. The first kappa shape index (κ1) is 17.6. The molecule has 1 N–H and O–H groups in total. The van der Waals surface area contributed by atoms with Gasteiger partial charge in [-0.2, -0.15) is 0 Å². The number of benzene rings is 1. The summed E-state index contributed by atoms with van der Waals surface area (Å²) in [5, 5.41) is 3.38. The topological polar surface area (TPSA) is 38.3 Å². The quantitative estimate of drug-likeness (QED) is 0.551. The molecule has 1 aromatic carbocycles. The molecule has 0 aliphatic heterocycles. The molecule has 4 heteroatoms. The lowest BCUT2D eigenvalue weighted by atomic mass is 10.1. The van der Waals surface area contributed by atoms with E-state index in [2.05, 4.69) is 23.9 Å². The number of nitrogens with one attached hydrogen (secondary N) is 1. The number of hydrogen-bond donors (Lipinski definition) is 1. The van der Waals surface area contributed by atoms with Crippen LogP contribution in [0.15, 0.2) is 18.2 Å². The maximum atomic E-state index is 13.8. The third kappa shape index (κ3) is 6.25. The zero-order valence-electron chi connectivity index (χ0n) is 13.2. The van der Waals surface area contributed by atoms with E-state index in [4.69, 9.17) is 0 Å². The smallest absolute Gasteiger partial charge is 0.340 e. The van der Waals surface area contributed by atoms with Gasteiger partial charge in [-0.1, -0.05) is 38.7 Å². The average Bonchev–Trinajstić information content (AvgIpc) is 2.49. The van der Waals surface area contributed by atoms with Gasteiger partial charge in [0.1, 0.15) is 5.82 Å². The van der Waals surface area contributed by atoms with Gasteiger partial charge < -0.3 is 10.1 Å². The van der Waals surface area contributed by atoms with Crippen molar-refractivity contribution in [2.75, 3.05) is 7.11 Å². The first-order valence-electron chi connectivity index (χ1n) is 7.68. The minimum Gasteiger partial charge on any atom is -0.465 e. The fourth-order valence-corrected chi connectivity index (χ4v) is 2.22. The highest BCUT2D eigenvalue weighted by molar-refractivity contribution is 5.89. The number of carbonyl (C=O) groups is 1. The van der Waals surface area contributed by atoms with Crippen molar-refractivity contribution in [1.82, 2.24) is 5.32 Å². The molecular weight excluding hydrogens is 269 g/mol. The van der Waals surface area contributed by atoms with Crippen LogP contribution in [0.1, 0.15) is 61.9 Å². The van der Waals surface area contributed by atoms with Gasteiger partial charge in [0.15, 0.2) is 0 Å². The van der Waals surface area contributed by atoms with Gasteiger partial charge in [-0.05, 0) is 31.0 Å². The molecule has 0 saturated carbocycles. The number of esters is 1. The zero-order chi connectivity index (χ0) is 15.7. The number of carbonyl (C=O) groups excluding carboxylic acids is 1. The zero-order valence-corrected chi connectivity index (χ0v) is 13.2. The molecule has 118 valence electrons. The molecule has 21 heavy (non-hydrogen) atoms. The number of unbranched alkanes of at least 4 members (excludes halogenated alkanes) is 3. The van der Waals surface area contributed by atoms with Crippen LogP contribution in [-0.2, 0) is 11.3 Å². The molecule has 0 radical (unpaired) electrons. The maximum Gasteiger partial charge on any atom is 0.340 e. The van der Waals surface area contributed by atoms with Gasteiger partial charge in [-0.25, -0.2) is 9.18 Å². The lowest BCUT2D eigenvalue weighted by Gasteiger charge is -2.14. The van der Waals surface area contributed by atoms with Crippen molar-refractivity contribution in [3.05, 3.63) is 35.1 Å². The van der Waals surface area contributed by atoms with Crippen LogP contribution in [-0.4, -0.2) is 19.1 Å². The van der Waals surface area contributed by atoms with Gasteiger partial charge in [0, 0.05) is 12.6 Å². The second-order valence-electron chi connectivity index (χ2n) is 5.44. The van der Waals surface area contributed by atoms with Crippen molar-refractivity contribution < 1.29 is 13.9 Å². The monoisotopic (exact) mass is 295 g/mol. The summed E-state index contributed by atoms with van der Waals surface area (Å²) < 4.78 is 18.3. The first-order valence-corrected chi connectivity index (χ1v) is 7.68. The number of ether oxygens (including phenoxy) is 1. The Hall–Kier alpha value is -1.42. The maximum absolute atomic E-state index is 13.8. The van der Waals surface area contributed by atoms with Crippen molar-refractivity contribution in [2.45, 2.75) is 58.5 Å². The van der Waals surface area contributed by atoms with Crippen LogP contribution in [0.2, 0.25) is 0 Å². The van der Waals surface area contributed by atoms with Gasteiger partial charge >= 0.3 is 5.97 Å². The standard InChI is InChI=1S/C17H26FNO2/c1-4-5-6-7-8-13(2)19-12-14-9-10-15(16(18)11-14)17(20)21-3/h9-11,13,19H,4-8,12H2,1-3H3. The Kier molecular flexibility index (Phi) is 7.98. The molecule has 0 amide bonds. The summed E-state index contributed by atoms with van der Waals surface area (Å²) in [6.45, 7) is 4.95. The molecule has 0 fully saturated rings. The van der Waals surface area contributed by atoms with E-state index >= 15 is 0 Å². The third-order valence-electron chi connectivity index (χ3n) is 3.58. The molecule has 3 nitrogen and oxygen atoms in total. The summed E-state index contributed by atoms with van der Waals surface area (Å²) in [4.78, 5) is 11.3. The van der Waals surface area contributed by atoms with E-state index in [1.807, 2.05) is 0 Å². The van der Waals surface area contributed by atoms with Crippen LogP contribution in [0.3, 0.4) is 0 Å². The van der Waals surface area contributed by atoms with Crippen molar-refractivity contribution in [3.63, 3.8) is 0 Å². The van der Waals surface area contributed by atoms with E-state index in [1.165, 1.54) is 44.9 Å². The van der Waals surface area contributed by atoms with Gasteiger partial charge in [0.25, 0.3) is 0 Å². The van der Waals surface area contributed by atoms with Gasteiger partial charge in [-0.3, -0.25) is 0 Å². The van der Waals surface area contributed by atoms with Crippen molar-refractivity contribution in [2.24, 2.45) is 0 Å². The highest BCUT2D eigenvalue weighted by atomic mass is 19.1. The second-order valence-corrected chi connectivity index (χ2v) is 5.44. The Morgan fingerprint density at radius 1 is 1.33 bits per heavy atom. The SMILES string of the molecule is CCCCCCC(C)NCc1ccc(C(=O)OC)c(F)c1. The lowest BCUT2D eigenvalue weighted by Crippen LogP contribution is -2.25. The van der Waals surface area contributed by atoms with E-state index < -0.39 is 11.8 Å². The lowest BCUT2D eigenvalue weighted by molar-refractivity contribution is 0.0595.